The molecule has 2 heterocycles. The van der Waals surface area contributed by atoms with E-state index in [9.17, 15) is 0 Å². The van der Waals surface area contributed by atoms with E-state index in [2.05, 4.69) is 31.2 Å². The normalized spacial score (nSPS) is 10.8. The summed E-state index contributed by atoms with van der Waals surface area (Å²) in [4.78, 5) is 0. The van der Waals surface area contributed by atoms with Crippen LogP contribution in [0.3, 0.4) is 0 Å². The van der Waals surface area contributed by atoms with E-state index in [0.29, 0.717) is 11.7 Å². The van der Waals surface area contributed by atoms with Gasteiger partial charge in [-0.1, -0.05) is 11.6 Å². The number of rotatable bonds is 2. The zero-order valence-corrected chi connectivity index (χ0v) is 11.2. The molecule has 2 aromatic rings. The molecule has 4 nitrogen and oxygen atoms in total. The number of aromatic nitrogens is 4. The van der Waals surface area contributed by atoms with Gasteiger partial charge in [0.2, 0.25) is 0 Å². The topological polar surface area (TPSA) is 43.6 Å². The van der Waals surface area contributed by atoms with Gasteiger partial charge in [0.15, 0.2) is 5.15 Å². The summed E-state index contributed by atoms with van der Waals surface area (Å²) in [6.45, 7) is 4.57. The van der Waals surface area contributed by atoms with Gasteiger partial charge in [-0.3, -0.25) is 4.68 Å². The van der Waals surface area contributed by atoms with E-state index >= 15 is 0 Å². The van der Waals surface area contributed by atoms with E-state index in [-0.39, 0.29) is 0 Å². The average Bonchev–Trinajstić information content (AvgIpc) is 2.50. The number of aryl methyl sites for hydroxylation is 1. The van der Waals surface area contributed by atoms with E-state index in [4.69, 9.17) is 11.6 Å². The van der Waals surface area contributed by atoms with Crippen molar-refractivity contribution in [3.05, 3.63) is 38.8 Å². The van der Waals surface area contributed by atoms with Crippen LogP contribution < -0.4 is 0 Å². The van der Waals surface area contributed by atoms with Gasteiger partial charge in [0, 0.05) is 0 Å². The molecule has 0 atom stereocenters. The van der Waals surface area contributed by atoms with Crippen molar-refractivity contribution in [1.82, 2.24) is 20.0 Å². The molecule has 0 saturated carbocycles. The first kappa shape index (κ1) is 11.5. The summed E-state index contributed by atoms with van der Waals surface area (Å²) in [5, 5.41) is 12.6. The molecule has 0 aliphatic carbocycles. The van der Waals surface area contributed by atoms with Gasteiger partial charge in [-0.15, -0.1) is 5.10 Å². The Morgan fingerprint density at radius 1 is 1.31 bits per heavy atom. The second-order valence-electron chi connectivity index (χ2n) is 3.49. The van der Waals surface area contributed by atoms with E-state index in [1.165, 1.54) is 0 Å². The van der Waals surface area contributed by atoms with Gasteiger partial charge in [0.05, 0.1) is 28.1 Å². The molecule has 2 rings (SSSR count). The second kappa shape index (κ2) is 4.51. The van der Waals surface area contributed by atoms with Crippen molar-refractivity contribution in [3.8, 4) is 0 Å². The number of halogens is 2. The summed E-state index contributed by atoms with van der Waals surface area (Å²) < 4.78 is 2.92. The maximum absolute atomic E-state index is 5.67. The lowest BCUT2D eigenvalue weighted by molar-refractivity contribution is 0.639. The van der Waals surface area contributed by atoms with Gasteiger partial charge in [0.1, 0.15) is 0 Å². The van der Waals surface area contributed by atoms with Gasteiger partial charge in [-0.25, -0.2) is 0 Å². The number of hydrogen-bond acceptors (Lipinski definition) is 3. The monoisotopic (exact) mass is 300 g/mol. The Balaban J connectivity index is 2.27. The minimum absolute atomic E-state index is 0.401. The number of hydrogen-bond donors (Lipinski definition) is 0. The van der Waals surface area contributed by atoms with Crippen LogP contribution in [0.1, 0.15) is 17.1 Å². The summed E-state index contributed by atoms with van der Waals surface area (Å²) in [5.41, 5.74) is 2.89. The third kappa shape index (κ3) is 2.25. The van der Waals surface area contributed by atoms with Gasteiger partial charge in [-0.2, -0.15) is 10.2 Å². The molecule has 0 bridgehead atoms. The molecule has 0 aliphatic heterocycles. The predicted octanol–water partition coefficient (Wildman–Crippen LogP) is 2.75. The van der Waals surface area contributed by atoms with Gasteiger partial charge >= 0.3 is 0 Å². The molecule has 0 aliphatic rings. The van der Waals surface area contributed by atoms with E-state index in [1.807, 2.05) is 24.6 Å². The Labute approximate surface area is 107 Å². The Kier molecular flexibility index (Phi) is 3.25. The van der Waals surface area contributed by atoms with Crippen molar-refractivity contribution >= 4 is 27.5 Å². The van der Waals surface area contributed by atoms with Crippen molar-refractivity contribution in [1.29, 1.82) is 0 Å². The lowest BCUT2D eigenvalue weighted by Crippen LogP contribution is -2.06. The molecule has 0 amide bonds. The van der Waals surface area contributed by atoms with Crippen molar-refractivity contribution in [2.45, 2.75) is 20.4 Å². The first-order valence-corrected chi connectivity index (χ1v) is 5.92. The highest BCUT2D eigenvalue weighted by atomic mass is 79.9. The lowest BCUT2D eigenvalue weighted by Gasteiger charge is -2.02. The van der Waals surface area contributed by atoms with Crippen molar-refractivity contribution in [3.63, 3.8) is 0 Å². The van der Waals surface area contributed by atoms with Crippen LogP contribution in [0, 0.1) is 13.8 Å². The molecule has 2 aromatic heterocycles. The summed E-state index contributed by atoms with van der Waals surface area (Å²) in [6, 6.07) is 3.57. The number of nitrogens with zero attached hydrogens (tertiary/aromatic N) is 4. The van der Waals surface area contributed by atoms with Crippen LogP contribution in [0.4, 0.5) is 0 Å². The first-order valence-electron chi connectivity index (χ1n) is 4.75. The van der Waals surface area contributed by atoms with Crippen LogP contribution in [0.2, 0.25) is 5.15 Å². The SMILES string of the molecule is Cc1nn(Cc2ccc(Cl)nn2)c(C)c1Br. The third-order valence-corrected chi connectivity index (χ3v) is 3.64. The maximum atomic E-state index is 5.67. The minimum Gasteiger partial charge on any atom is -0.262 e. The fourth-order valence-corrected chi connectivity index (χ4v) is 1.80. The molecule has 0 fully saturated rings. The van der Waals surface area contributed by atoms with Crippen LogP contribution in [0.5, 0.6) is 0 Å². The van der Waals surface area contributed by atoms with E-state index < -0.39 is 0 Å². The fourth-order valence-electron chi connectivity index (χ4n) is 1.41. The summed E-state index contributed by atoms with van der Waals surface area (Å²) >= 11 is 9.16. The van der Waals surface area contributed by atoms with Crippen molar-refractivity contribution in [2.24, 2.45) is 0 Å². The highest BCUT2D eigenvalue weighted by molar-refractivity contribution is 9.10. The van der Waals surface area contributed by atoms with Crippen LogP contribution in [0.15, 0.2) is 16.6 Å². The Morgan fingerprint density at radius 2 is 2.06 bits per heavy atom. The molecule has 6 heteroatoms. The highest BCUT2D eigenvalue weighted by Gasteiger charge is 2.09. The van der Waals surface area contributed by atoms with Crippen LogP contribution in [-0.2, 0) is 6.54 Å². The standard InChI is InChI=1S/C10H10BrClN4/c1-6-10(11)7(2)16(15-6)5-8-3-4-9(12)14-13-8/h3-4H,5H2,1-2H3. The molecule has 0 N–H and O–H groups in total. The summed E-state index contributed by atoms with van der Waals surface area (Å²) in [6.07, 6.45) is 0. The Morgan fingerprint density at radius 3 is 2.56 bits per heavy atom. The Hall–Kier alpha value is -0.940. The largest absolute Gasteiger partial charge is 0.262 e. The zero-order valence-electron chi connectivity index (χ0n) is 8.91. The van der Waals surface area contributed by atoms with Crippen LogP contribution in [-0.4, -0.2) is 20.0 Å². The molecular weight excluding hydrogens is 291 g/mol. The molecule has 0 unspecified atom stereocenters. The van der Waals surface area contributed by atoms with Gasteiger partial charge in [0.25, 0.3) is 0 Å². The fraction of sp³-hybridized carbons (Fsp3) is 0.300. The molecule has 16 heavy (non-hydrogen) atoms. The maximum Gasteiger partial charge on any atom is 0.151 e. The molecule has 0 aromatic carbocycles. The molecule has 0 radical (unpaired) electrons. The predicted molar refractivity (Wildman–Crippen MR) is 65.5 cm³/mol. The second-order valence-corrected chi connectivity index (χ2v) is 4.67. The minimum atomic E-state index is 0.401. The van der Waals surface area contributed by atoms with Gasteiger partial charge in [-0.05, 0) is 41.9 Å². The molecule has 0 saturated heterocycles. The van der Waals surface area contributed by atoms with Crippen LogP contribution in [0.25, 0.3) is 0 Å². The highest BCUT2D eigenvalue weighted by Crippen LogP contribution is 2.20. The summed E-state index contributed by atoms with van der Waals surface area (Å²) in [7, 11) is 0. The van der Waals surface area contributed by atoms with Crippen molar-refractivity contribution in [2.75, 3.05) is 0 Å². The van der Waals surface area contributed by atoms with Crippen molar-refractivity contribution < 1.29 is 0 Å². The lowest BCUT2D eigenvalue weighted by atomic mass is 10.3. The molecule has 0 spiro atoms. The quantitative estimate of drug-likeness (QED) is 0.856. The smallest absolute Gasteiger partial charge is 0.151 e. The average molecular weight is 302 g/mol. The Bertz CT molecular complexity index is 506. The van der Waals surface area contributed by atoms with Gasteiger partial charge < -0.3 is 0 Å². The van der Waals surface area contributed by atoms with E-state index in [1.54, 1.807) is 6.07 Å². The van der Waals surface area contributed by atoms with Crippen LogP contribution >= 0.6 is 27.5 Å². The molecule has 84 valence electrons. The summed E-state index contributed by atoms with van der Waals surface area (Å²) in [5.74, 6) is 0. The molecular formula is C10H10BrClN4. The zero-order chi connectivity index (χ0) is 11.7. The third-order valence-electron chi connectivity index (χ3n) is 2.29. The first-order chi connectivity index (χ1) is 7.58. The van der Waals surface area contributed by atoms with E-state index in [0.717, 1.165) is 21.6 Å².